The topological polar surface area (TPSA) is 93.1 Å². The Balaban J connectivity index is 1.68. The van der Waals surface area contributed by atoms with Crippen molar-refractivity contribution in [1.29, 1.82) is 0 Å². The first-order valence-electron chi connectivity index (χ1n) is 7.24. The molecular formula is C14H16N2O5S2. The summed E-state index contributed by atoms with van der Waals surface area (Å²) < 4.78 is 28.3. The lowest BCUT2D eigenvalue weighted by atomic mass is 10.1. The van der Waals surface area contributed by atoms with Gasteiger partial charge in [-0.05, 0) is 17.9 Å². The van der Waals surface area contributed by atoms with E-state index in [9.17, 15) is 18.0 Å². The Hall–Kier alpha value is -1.74. The summed E-state index contributed by atoms with van der Waals surface area (Å²) in [6, 6.07) is 3.25. The van der Waals surface area contributed by atoms with Crippen LogP contribution in [-0.4, -0.2) is 48.6 Å². The first-order chi connectivity index (χ1) is 10.9. The predicted molar refractivity (Wildman–Crippen MR) is 84.7 cm³/mol. The van der Waals surface area contributed by atoms with Crippen molar-refractivity contribution in [3.05, 3.63) is 22.4 Å². The summed E-state index contributed by atoms with van der Waals surface area (Å²) in [7, 11) is -3.12. The highest BCUT2D eigenvalue weighted by Crippen LogP contribution is 2.22. The zero-order valence-corrected chi connectivity index (χ0v) is 13.9. The average Bonchev–Trinajstić information content (AvgIpc) is 3.14. The monoisotopic (exact) mass is 356 g/mol. The van der Waals surface area contributed by atoms with Crippen molar-refractivity contribution in [2.45, 2.75) is 31.9 Å². The Morgan fingerprint density at radius 2 is 2.26 bits per heavy atom. The number of hydrazone groups is 1. The third kappa shape index (κ3) is 3.78. The number of carbonyl (C=O) groups is 2. The second-order valence-electron chi connectivity index (χ2n) is 5.50. The van der Waals surface area contributed by atoms with Crippen molar-refractivity contribution < 1.29 is 22.7 Å². The van der Waals surface area contributed by atoms with Gasteiger partial charge in [0.2, 0.25) is 5.91 Å². The number of carbonyl (C=O) groups excluding carboxylic acids is 2. The summed E-state index contributed by atoms with van der Waals surface area (Å²) in [6.45, 7) is 0.168. The summed E-state index contributed by atoms with van der Waals surface area (Å²) in [5.41, 5.74) is 0.172. The van der Waals surface area contributed by atoms with Crippen LogP contribution in [-0.2, 0) is 30.8 Å². The van der Waals surface area contributed by atoms with Crippen molar-refractivity contribution >= 4 is 38.8 Å². The number of esters is 1. The highest BCUT2D eigenvalue weighted by molar-refractivity contribution is 7.91. The lowest BCUT2D eigenvalue weighted by Crippen LogP contribution is -2.42. The zero-order valence-electron chi connectivity index (χ0n) is 12.3. The molecule has 0 bridgehead atoms. The SMILES string of the molecule is O=C(OCc1cccs1)C1=NN([C@H]2CCS(=O)(=O)C2)C(=O)CC1. The summed E-state index contributed by atoms with van der Waals surface area (Å²) in [6.07, 6.45) is 0.719. The minimum atomic E-state index is -3.12. The summed E-state index contributed by atoms with van der Waals surface area (Å²) in [5.74, 6) is -0.854. The number of thiophene rings is 1. The summed E-state index contributed by atoms with van der Waals surface area (Å²) in [4.78, 5) is 25.0. The second kappa shape index (κ2) is 6.40. The fourth-order valence-corrected chi connectivity index (χ4v) is 4.89. The Bertz CT molecular complexity index is 739. The van der Waals surface area contributed by atoms with Crippen molar-refractivity contribution in [2.24, 2.45) is 5.10 Å². The van der Waals surface area contributed by atoms with Gasteiger partial charge in [-0.3, -0.25) is 4.79 Å². The van der Waals surface area contributed by atoms with Crippen LogP contribution >= 0.6 is 11.3 Å². The quantitative estimate of drug-likeness (QED) is 0.749. The smallest absolute Gasteiger partial charge is 0.354 e. The first kappa shape index (κ1) is 16.1. The number of rotatable bonds is 4. The number of ether oxygens (including phenoxy) is 1. The summed E-state index contributed by atoms with van der Waals surface area (Å²) in [5, 5.41) is 7.13. The molecule has 3 heterocycles. The van der Waals surface area contributed by atoms with Crippen molar-refractivity contribution in [1.82, 2.24) is 5.01 Å². The van der Waals surface area contributed by atoms with E-state index in [0.717, 1.165) is 9.89 Å². The molecule has 1 atom stereocenters. The maximum Gasteiger partial charge on any atom is 0.354 e. The van der Waals surface area contributed by atoms with Crippen LogP contribution in [0.3, 0.4) is 0 Å². The molecule has 0 unspecified atom stereocenters. The fourth-order valence-electron chi connectivity index (χ4n) is 2.59. The molecule has 0 radical (unpaired) electrons. The molecule has 124 valence electrons. The van der Waals surface area contributed by atoms with Gasteiger partial charge in [0.15, 0.2) is 9.84 Å². The van der Waals surface area contributed by atoms with Crippen LogP contribution < -0.4 is 0 Å². The van der Waals surface area contributed by atoms with Gasteiger partial charge >= 0.3 is 5.97 Å². The Labute approximate surface area is 137 Å². The normalized spacial score (nSPS) is 23.7. The van der Waals surface area contributed by atoms with Crippen molar-refractivity contribution in [3.63, 3.8) is 0 Å². The molecule has 1 aromatic heterocycles. The molecule has 2 aliphatic rings. The first-order valence-corrected chi connectivity index (χ1v) is 9.94. The Morgan fingerprint density at radius 1 is 1.43 bits per heavy atom. The number of sulfone groups is 1. The van der Waals surface area contributed by atoms with E-state index in [1.807, 2.05) is 17.5 Å². The van der Waals surface area contributed by atoms with Gasteiger partial charge in [0, 0.05) is 17.7 Å². The van der Waals surface area contributed by atoms with Crippen LogP contribution in [0, 0.1) is 0 Å². The van der Waals surface area contributed by atoms with E-state index >= 15 is 0 Å². The molecule has 0 aliphatic carbocycles. The van der Waals surface area contributed by atoms with E-state index in [-0.39, 0.29) is 42.6 Å². The second-order valence-corrected chi connectivity index (χ2v) is 8.76. The number of amides is 1. The van der Waals surface area contributed by atoms with Gasteiger partial charge in [-0.1, -0.05) is 6.07 Å². The van der Waals surface area contributed by atoms with Gasteiger partial charge in [-0.2, -0.15) is 5.10 Å². The van der Waals surface area contributed by atoms with E-state index in [4.69, 9.17) is 4.74 Å². The van der Waals surface area contributed by atoms with Crippen LogP contribution in [0.5, 0.6) is 0 Å². The van der Waals surface area contributed by atoms with E-state index < -0.39 is 21.8 Å². The number of hydrogen-bond acceptors (Lipinski definition) is 7. The van der Waals surface area contributed by atoms with Gasteiger partial charge in [0.1, 0.15) is 12.3 Å². The predicted octanol–water partition coefficient (Wildman–Crippen LogP) is 0.957. The highest BCUT2D eigenvalue weighted by Gasteiger charge is 2.37. The van der Waals surface area contributed by atoms with Gasteiger partial charge in [-0.15, -0.1) is 11.3 Å². The molecule has 1 fully saturated rings. The molecule has 1 saturated heterocycles. The maximum absolute atomic E-state index is 12.1. The average molecular weight is 356 g/mol. The maximum atomic E-state index is 12.1. The molecule has 3 rings (SSSR count). The van der Waals surface area contributed by atoms with Gasteiger partial charge in [0.25, 0.3) is 0 Å². The third-order valence-electron chi connectivity index (χ3n) is 3.78. The van der Waals surface area contributed by atoms with Crippen molar-refractivity contribution in [3.8, 4) is 0 Å². The molecule has 0 N–H and O–H groups in total. The molecule has 9 heteroatoms. The summed E-state index contributed by atoms with van der Waals surface area (Å²) >= 11 is 1.48. The lowest BCUT2D eigenvalue weighted by Gasteiger charge is -2.27. The van der Waals surface area contributed by atoms with Gasteiger partial charge < -0.3 is 4.74 Å². The van der Waals surface area contributed by atoms with Crippen LogP contribution in [0.4, 0.5) is 0 Å². The molecule has 0 saturated carbocycles. The van der Waals surface area contributed by atoms with E-state index in [2.05, 4.69) is 5.10 Å². The van der Waals surface area contributed by atoms with Crippen LogP contribution in [0.1, 0.15) is 24.1 Å². The lowest BCUT2D eigenvalue weighted by molar-refractivity contribution is -0.138. The molecule has 0 spiro atoms. The van der Waals surface area contributed by atoms with Gasteiger partial charge in [0.05, 0.1) is 17.5 Å². The zero-order chi connectivity index (χ0) is 16.4. The molecule has 7 nitrogen and oxygen atoms in total. The highest BCUT2D eigenvalue weighted by atomic mass is 32.2. The molecule has 1 aromatic rings. The minimum Gasteiger partial charge on any atom is -0.455 e. The molecule has 2 aliphatic heterocycles. The van der Waals surface area contributed by atoms with E-state index in [0.29, 0.717) is 6.42 Å². The van der Waals surface area contributed by atoms with E-state index in [1.165, 1.54) is 11.3 Å². The fraction of sp³-hybridized carbons (Fsp3) is 0.500. The third-order valence-corrected chi connectivity index (χ3v) is 6.38. The molecular weight excluding hydrogens is 340 g/mol. The standard InChI is InChI=1S/C14H16N2O5S2/c17-13-4-3-12(14(18)21-8-11-2-1-6-22-11)15-16(13)10-5-7-23(19,20)9-10/h1-2,6,10H,3-5,7-9H2/t10-/m0/s1. The van der Waals surface area contributed by atoms with E-state index in [1.54, 1.807) is 0 Å². The van der Waals surface area contributed by atoms with Crippen LogP contribution in [0.15, 0.2) is 22.6 Å². The molecule has 1 amide bonds. The Morgan fingerprint density at radius 3 is 2.91 bits per heavy atom. The Kier molecular flexibility index (Phi) is 4.49. The van der Waals surface area contributed by atoms with Crippen molar-refractivity contribution in [2.75, 3.05) is 11.5 Å². The van der Waals surface area contributed by atoms with Gasteiger partial charge in [-0.25, -0.2) is 18.2 Å². The minimum absolute atomic E-state index is 0.0507. The molecule has 0 aromatic carbocycles. The largest absolute Gasteiger partial charge is 0.455 e. The number of hydrogen-bond donors (Lipinski definition) is 0. The number of nitrogens with zero attached hydrogens (tertiary/aromatic N) is 2. The van der Waals surface area contributed by atoms with Crippen LogP contribution in [0.25, 0.3) is 0 Å². The molecule has 23 heavy (non-hydrogen) atoms. The van der Waals surface area contributed by atoms with Crippen LogP contribution in [0.2, 0.25) is 0 Å².